The molecule has 73 heavy (non-hydrogen) atoms. The Bertz CT molecular complexity index is 3550. The minimum Gasteiger partial charge on any atom is -0.481 e. The maximum absolute atomic E-state index is 13.4. The van der Waals surface area contributed by atoms with E-state index in [2.05, 4.69) is 82.2 Å². The van der Waals surface area contributed by atoms with E-state index >= 15 is 0 Å². The molecule has 0 radical (unpaired) electrons. The van der Waals surface area contributed by atoms with Crippen molar-refractivity contribution in [3.8, 4) is 58.7 Å². The van der Waals surface area contributed by atoms with Gasteiger partial charge in [-0.2, -0.15) is 0 Å². The van der Waals surface area contributed by atoms with Crippen LogP contribution in [0.25, 0.3) is 55.1 Å². The van der Waals surface area contributed by atoms with Crippen LogP contribution in [0.5, 0.6) is 11.5 Å². The van der Waals surface area contributed by atoms with Gasteiger partial charge in [0.2, 0.25) is 11.6 Å². The Hall–Kier alpha value is -8.98. The molecule has 2 amide bonds. The second kappa shape index (κ2) is 23.3. The van der Waals surface area contributed by atoms with Crippen molar-refractivity contribution in [1.29, 1.82) is 0 Å². The van der Waals surface area contributed by atoms with Gasteiger partial charge < -0.3 is 19.5 Å². The minimum absolute atomic E-state index is 0.00475. The number of terminal acetylenes is 2. The standard InChI is InChI=1S/C31H25N3O2.C28H26N4O4S/c1-4-18-36-24-16-17-28-26(19-24)29(23-14-12-21(13-15-23)20(2)3)34-30(32-28)31(35)33-27-11-7-9-22-8-5-6-10-25(22)27;1-5-13-36-21-11-12-23-22(15-21)25(19-9-7-18(8-10-19)17(3)4)31-26(30-23)27(34)32-28-29-20(16-37-28)14-24(33)35-6-2/h1,5-17,19-20H,18H2,2-3H3,(H,33,35);1,7-12,15-17H,6,13-14H2,2-4H3,(H,29,32,34). The van der Waals surface area contributed by atoms with Crippen molar-refractivity contribution < 1.29 is 28.6 Å². The predicted molar refractivity (Wildman–Crippen MR) is 289 cm³/mol. The van der Waals surface area contributed by atoms with Gasteiger partial charge in [-0.3, -0.25) is 19.7 Å². The Morgan fingerprint density at radius 3 is 1.64 bits per heavy atom. The van der Waals surface area contributed by atoms with Gasteiger partial charge in [-0.1, -0.05) is 124 Å². The summed E-state index contributed by atoms with van der Waals surface area (Å²) in [6.07, 6.45) is 10.7. The monoisotopic (exact) mass is 985 g/mol. The lowest BCUT2D eigenvalue weighted by molar-refractivity contribution is -0.142. The normalized spacial score (nSPS) is 10.9. The smallest absolute Gasteiger partial charge is 0.311 e. The molecule has 0 unspecified atom stereocenters. The molecular formula is C59H51N7O6S. The molecule has 9 aromatic rings. The first-order valence-electron chi connectivity index (χ1n) is 23.6. The molecule has 0 aliphatic rings. The third-order valence-corrected chi connectivity index (χ3v) is 12.3. The first kappa shape index (κ1) is 50.4. The fourth-order valence-electron chi connectivity index (χ4n) is 7.81. The second-order valence-electron chi connectivity index (χ2n) is 17.2. The Morgan fingerprint density at radius 2 is 1.12 bits per heavy atom. The zero-order chi connectivity index (χ0) is 51.4. The van der Waals surface area contributed by atoms with Gasteiger partial charge in [0, 0.05) is 38.4 Å². The van der Waals surface area contributed by atoms with Crippen molar-refractivity contribution in [3.05, 3.63) is 161 Å². The average Bonchev–Trinajstić information content (AvgIpc) is 3.85. The summed E-state index contributed by atoms with van der Waals surface area (Å²) in [5, 5.41) is 11.3. The van der Waals surface area contributed by atoms with E-state index in [-0.39, 0.29) is 43.2 Å². The van der Waals surface area contributed by atoms with Crippen LogP contribution in [0.15, 0.2) is 133 Å². The summed E-state index contributed by atoms with van der Waals surface area (Å²) < 4.78 is 16.2. The summed E-state index contributed by atoms with van der Waals surface area (Å²) in [6, 6.07) is 40.8. The molecule has 0 aliphatic heterocycles. The number of rotatable bonds is 15. The van der Waals surface area contributed by atoms with Crippen LogP contribution in [0, 0.1) is 24.7 Å². The molecule has 0 fully saturated rings. The number of anilines is 2. The number of amides is 2. The van der Waals surface area contributed by atoms with Crippen LogP contribution < -0.4 is 20.1 Å². The van der Waals surface area contributed by atoms with Crippen molar-refractivity contribution in [1.82, 2.24) is 24.9 Å². The zero-order valence-corrected chi connectivity index (χ0v) is 41.7. The molecule has 14 heteroatoms. The fourth-order valence-corrected chi connectivity index (χ4v) is 8.52. The Morgan fingerprint density at radius 1 is 0.603 bits per heavy atom. The van der Waals surface area contributed by atoms with Crippen LogP contribution in [-0.4, -0.2) is 62.5 Å². The van der Waals surface area contributed by atoms with Gasteiger partial charge in [0.15, 0.2) is 5.13 Å². The maximum atomic E-state index is 13.4. The number of benzene rings is 6. The number of nitrogens with zero attached hydrogens (tertiary/aromatic N) is 5. The highest BCUT2D eigenvalue weighted by atomic mass is 32.1. The van der Waals surface area contributed by atoms with E-state index in [0.717, 1.165) is 32.7 Å². The maximum Gasteiger partial charge on any atom is 0.311 e. The third-order valence-electron chi connectivity index (χ3n) is 11.5. The van der Waals surface area contributed by atoms with Crippen LogP contribution in [0.1, 0.15) is 84.5 Å². The summed E-state index contributed by atoms with van der Waals surface area (Å²) in [7, 11) is 0. The highest BCUT2D eigenvalue weighted by molar-refractivity contribution is 7.14. The second-order valence-corrected chi connectivity index (χ2v) is 18.1. The zero-order valence-electron chi connectivity index (χ0n) is 40.9. The molecule has 364 valence electrons. The van der Waals surface area contributed by atoms with Gasteiger partial charge in [-0.05, 0) is 77.7 Å². The first-order chi connectivity index (χ1) is 35.4. The molecular weight excluding hydrogens is 935 g/mol. The number of carbonyl (C=O) groups excluding carboxylic acids is 3. The largest absolute Gasteiger partial charge is 0.481 e. The molecule has 6 aromatic carbocycles. The average molecular weight is 986 g/mol. The Labute approximate surface area is 427 Å². The summed E-state index contributed by atoms with van der Waals surface area (Å²) in [4.78, 5) is 60.9. The SMILES string of the molecule is C#CCOc1ccc2nc(C(=O)Nc3cccc4ccccc34)nc(-c3ccc(C(C)C)cc3)c2c1.C#CCOc1ccc2nc(C(=O)Nc3nc(CC(=O)OCC)cs3)nc(-c3ccc(C(C)C)cc3)c2c1. The number of aromatic nitrogens is 5. The first-order valence-corrected chi connectivity index (χ1v) is 24.5. The molecule has 0 bridgehead atoms. The van der Waals surface area contributed by atoms with Gasteiger partial charge in [0.1, 0.15) is 24.7 Å². The minimum atomic E-state index is -0.508. The van der Waals surface area contributed by atoms with E-state index in [0.29, 0.717) is 68.9 Å². The van der Waals surface area contributed by atoms with Gasteiger partial charge in [-0.15, -0.1) is 24.2 Å². The molecule has 0 saturated heterocycles. The number of esters is 1. The predicted octanol–water partition coefficient (Wildman–Crippen LogP) is 12.1. The lowest BCUT2D eigenvalue weighted by Gasteiger charge is -2.13. The number of hydrogen-bond donors (Lipinski definition) is 2. The van der Waals surface area contributed by atoms with Gasteiger partial charge in [0.05, 0.1) is 41.1 Å². The lowest BCUT2D eigenvalue weighted by atomic mass is 9.99. The van der Waals surface area contributed by atoms with Crippen molar-refractivity contribution in [3.63, 3.8) is 0 Å². The third kappa shape index (κ3) is 12.3. The van der Waals surface area contributed by atoms with E-state index < -0.39 is 5.91 Å². The molecule has 3 heterocycles. The van der Waals surface area contributed by atoms with Crippen molar-refractivity contribution >= 4 is 72.5 Å². The number of thiazole rings is 1. The highest BCUT2D eigenvalue weighted by Crippen LogP contribution is 2.33. The van der Waals surface area contributed by atoms with Gasteiger partial charge >= 0.3 is 5.97 Å². The number of ether oxygens (including phenoxy) is 3. The van der Waals surface area contributed by atoms with E-state index in [1.54, 1.807) is 30.5 Å². The van der Waals surface area contributed by atoms with Crippen molar-refractivity contribution in [2.45, 2.75) is 52.9 Å². The fraction of sp³-hybridized carbons (Fsp3) is 0.186. The lowest BCUT2D eigenvalue weighted by Crippen LogP contribution is -2.16. The van der Waals surface area contributed by atoms with E-state index in [1.165, 1.54) is 22.5 Å². The van der Waals surface area contributed by atoms with Crippen LogP contribution in [0.2, 0.25) is 0 Å². The van der Waals surface area contributed by atoms with Gasteiger partial charge in [-0.25, -0.2) is 24.9 Å². The van der Waals surface area contributed by atoms with Crippen molar-refractivity contribution in [2.24, 2.45) is 0 Å². The molecule has 0 aliphatic carbocycles. The summed E-state index contributed by atoms with van der Waals surface area (Å²) >= 11 is 1.21. The molecule has 2 N–H and O–H groups in total. The molecule has 0 spiro atoms. The summed E-state index contributed by atoms with van der Waals surface area (Å²) in [6.45, 7) is 10.9. The number of hydrogen-bond acceptors (Lipinski definition) is 12. The molecule has 3 aromatic heterocycles. The van der Waals surface area contributed by atoms with Crippen LogP contribution in [-0.2, 0) is 16.0 Å². The van der Waals surface area contributed by atoms with E-state index in [4.69, 9.17) is 32.0 Å². The van der Waals surface area contributed by atoms with Crippen LogP contribution in [0.4, 0.5) is 10.8 Å². The number of carbonyl (C=O) groups is 3. The number of fused-ring (bicyclic) bond motifs is 3. The summed E-state index contributed by atoms with van der Waals surface area (Å²) in [5.74, 6) is 5.77. The van der Waals surface area contributed by atoms with Crippen LogP contribution in [0.3, 0.4) is 0 Å². The molecule has 0 saturated carbocycles. The van der Waals surface area contributed by atoms with Crippen LogP contribution >= 0.6 is 11.3 Å². The number of nitrogens with one attached hydrogen (secondary N) is 2. The molecule has 0 atom stereocenters. The highest BCUT2D eigenvalue weighted by Gasteiger charge is 2.20. The van der Waals surface area contributed by atoms with Gasteiger partial charge in [0.25, 0.3) is 11.8 Å². The molecule has 9 rings (SSSR count). The Kier molecular flexibility index (Phi) is 16.1. The van der Waals surface area contributed by atoms with E-state index in [1.807, 2.05) is 97.1 Å². The quantitative estimate of drug-likeness (QED) is 0.0741. The topological polar surface area (TPSA) is 167 Å². The summed E-state index contributed by atoms with van der Waals surface area (Å²) in [5.41, 5.74) is 7.85. The van der Waals surface area contributed by atoms with Crippen molar-refractivity contribution in [2.75, 3.05) is 30.5 Å². The Balaban J connectivity index is 0.000000195. The molecule has 13 nitrogen and oxygen atoms in total. The van der Waals surface area contributed by atoms with E-state index in [9.17, 15) is 14.4 Å².